The molecule has 1 aliphatic rings. The second-order valence-corrected chi connectivity index (χ2v) is 8.39. The maximum absolute atomic E-state index is 12.3. The molecule has 1 saturated heterocycles. The van der Waals surface area contributed by atoms with Crippen LogP contribution in [0.5, 0.6) is 5.75 Å². The van der Waals surface area contributed by atoms with Crippen LogP contribution in [0, 0.1) is 0 Å². The van der Waals surface area contributed by atoms with Crippen molar-refractivity contribution in [3.05, 3.63) is 57.0 Å². The summed E-state index contributed by atoms with van der Waals surface area (Å²) in [5, 5.41) is 9.77. The van der Waals surface area contributed by atoms with E-state index in [2.05, 4.69) is 21.2 Å². The second-order valence-electron chi connectivity index (χ2n) is 7.16. The molecule has 0 bridgehead atoms. The average Bonchev–Trinajstić information content (AvgIpc) is 3.33. The van der Waals surface area contributed by atoms with E-state index >= 15 is 0 Å². The number of carbonyl (C=O) groups is 3. The molecular weight excluding hydrogens is 507 g/mol. The van der Waals surface area contributed by atoms with Crippen molar-refractivity contribution in [2.45, 2.75) is 18.9 Å². The van der Waals surface area contributed by atoms with E-state index in [1.54, 1.807) is 30.3 Å². The molecule has 2 aromatic rings. The Morgan fingerprint density at radius 2 is 1.97 bits per heavy atom. The zero-order chi connectivity index (χ0) is 24.5. The molecule has 12 heteroatoms. The van der Waals surface area contributed by atoms with E-state index in [1.807, 2.05) is 0 Å². The normalized spacial score (nSPS) is 15.2. The van der Waals surface area contributed by atoms with Crippen LogP contribution < -0.4 is 20.8 Å². The van der Waals surface area contributed by atoms with Gasteiger partial charge >= 0.3 is 11.8 Å². The zero-order valence-corrected chi connectivity index (χ0v) is 20.0. The van der Waals surface area contributed by atoms with Gasteiger partial charge in [-0.1, -0.05) is 40.9 Å². The minimum Gasteiger partial charge on any atom is -0.483 e. The monoisotopic (exact) mass is 526 g/mol. The lowest BCUT2D eigenvalue weighted by Crippen LogP contribution is -2.41. The smallest absolute Gasteiger partial charge is 0.329 e. The van der Waals surface area contributed by atoms with Crippen molar-refractivity contribution in [2.24, 2.45) is 5.10 Å². The largest absolute Gasteiger partial charge is 0.483 e. The van der Waals surface area contributed by atoms with Crippen molar-refractivity contribution >= 4 is 64.4 Å². The number of benzene rings is 2. The van der Waals surface area contributed by atoms with Crippen LogP contribution in [0.15, 0.2) is 41.5 Å². The van der Waals surface area contributed by atoms with Crippen LogP contribution in [0.25, 0.3) is 0 Å². The number of rotatable bonds is 8. The molecule has 1 fully saturated rings. The van der Waals surface area contributed by atoms with Crippen LogP contribution in [0.4, 0.5) is 5.69 Å². The predicted octanol–water partition coefficient (Wildman–Crippen LogP) is 3.41. The first-order valence-corrected chi connectivity index (χ1v) is 11.4. The third-order valence-electron chi connectivity index (χ3n) is 4.65. The predicted molar refractivity (Wildman–Crippen MR) is 130 cm³/mol. The van der Waals surface area contributed by atoms with Crippen molar-refractivity contribution in [1.82, 2.24) is 10.7 Å². The molecule has 3 rings (SSSR count). The summed E-state index contributed by atoms with van der Waals surface area (Å²) in [6, 6.07) is 9.48. The molecule has 0 spiro atoms. The van der Waals surface area contributed by atoms with Gasteiger partial charge in [0.15, 0.2) is 6.61 Å². The number of hydrogen-bond acceptors (Lipinski definition) is 6. The van der Waals surface area contributed by atoms with Gasteiger partial charge < -0.3 is 20.1 Å². The van der Waals surface area contributed by atoms with Gasteiger partial charge in [0.2, 0.25) is 0 Å². The van der Waals surface area contributed by atoms with Crippen LogP contribution in [-0.4, -0.2) is 49.8 Å². The summed E-state index contributed by atoms with van der Waals surface area (Å²) in [7, 11) is 0. The molecule has 0 aliphatic carbocycles. The minimum absolute atomic E-state index is 0.0847. The SMILES string of the molecule is O=C(COc1ccc(Cl)cc1/C=N\NC(=O)C(=O)NC[C@H]1CCCO1)Nc1cccc(Cl)c1Cl. The zero-order valence-electron chi connectivity index (χ0n) is 17.8. The number of nitrogens with one attached hydrogen (secondary N) is 3. The molecular formula is C22H21Cl3N4O5. The number of carbonyl (C=O) groups excluding carboxylic acids is 3. The van der Waals surface area contributed by atoms with Gasteiger partial charge in [0, 0.05) is 23.7 Å². The Morgan fingerprint density at radius 1 is 1.15 bits per heavy atom. The minimum atomic E-state index is -0.934. The lowest BCUT2D eigenvalue weighted by atomic mass is 10.2. The number of halogens is 3. The number of hydrazone groups is 1. The molecule has 0 radical (unpaired) electrons. The molecule has 1 atom stereocenters. The number of nitrogens with zero attached hydrogens (tertiary/aromatic N) is 1. The third kappa shape index (κ3) is 7.59. The van der Waals surface area contributed by atoms with Gasteiger partial charge in [0.05, 0.1) is 28.1 Å². The van der Waals surface area contributed by atoms with Gasteiger partial charge in [0.25, 0.3) is 5.91 Å². The van der Waals surface area contributed by atoms with Crippen LogP contribution in [0.2, 0.25) is 15.1 Å². The molecule has 9 nitrogen and oxygen atoms in total. The fourth-order valence-corrected chi connectivity index (χ4v) is 3.51. The van der Waals surface area contributed by atoms with E-state index in [9.17, 15) is 14.4 Å². The maximum atomic E-state index is 12.3. The van der Waals surface area contributed by atoms with Crippen molar-refractivity contribution in [2.75, 3.05) is 25.1 Å². The Morgan fingerprint density at radius 3 is 2.74 bits per heavy atom. The highest BCUT2D eigenvalue weighted by atomic mass is 35.5. The Kier molecular flexibility index (Phi) is 9.52. The molecule has 0 aromatic heterocycles. The first-order valence-electron chi connectivity index (χ1n) is 10.2. The topological polar surface area (TPSA) is 118 Å². The van der Waals surface area contributed by atoms with Crippen LogP contribution in [0.3, 0.4) is 0 Å². The average molecular weight is 528 g/mol. The molecule has 34 heavy (non-hydrogen) atoms. The number of amides is 3. The summed E-state index contributed by atoms with van der Waals surface area (Å²) in [4.78, 5) is 36.1. The molecule has 0 unspecified atom stereocenters. The Balaban J connectivity index is 1.53. The van der Waals surface area contributed by atoms with Gasteiger partial charge in [-0.15, -0.1) is 0 Å². The first-order chi connectivity index (χ1) is 16.3. The summed E-state index contributed by atoms with van der Waals surface area (Å²) in [5.41, 5.74) is 2.86. The van der Waals surface area contributed by atoms with Gasteiger partial charge in [-0.3, -0.25) is 14.4 Å². The Hall–Kier alpha value is -2.85. The molecule has 3 amide bonds. The van der Waals surface area contributed by atoms with Gasteiger partial charge in [-0.25, -0.2) is 5.43 Å². The van der Waals surface area contributed by atoms with E-state index in [1.165, 1.54) is 12.3 Å². The van der Waals surface area contributed by atoms with E-state index in [4.69, 9.17) is 44.3 Å². The molecule has 3 N–H and O–H groups in total. The van der Waals surface area contributed by atoms with E-state index in [0.717, 1.165) is 12.8 Å². The van der Waals surface area contributed by atoms with Gasteiger partial charge in [0.1, 0.15) is 5.75 Å². The highest BCUT2D eigenvalue weighted by Gasteiger charge is 2.19. The summed E-state index contributed by atoms with van der Waals surface area (Å²) < 4.78 is 10.9. The molecule has 1 heterocycles. The van der Waals surface area contributed by atoms with Crippen molar-refractivity contribution in [3.63, 3.8) is 0 Å². The quantitative estimate of drug-likeness (QED) is 0.276. The molecule has 180 valence electrons. The Labute approximate surface area is 210 Å². The number of ether oxygens (including phenoxy) is 2. The summed E-state index contributed by atoms with van der Waals surface area (Å²) in [6.45, 7) is 0.561. The summed E-state index contributed by atoms with van der Waals surface area (Å²) in [5.74, 6) is -1.96. The number of anilines is 1. The second kappa shape index (κ2) is 12.6. The van der Waals surface area contributed by atoms with Gasteiger partial charge in [-0.05, 0) is 43.2 Å². The number of hydrogen-bond donors (Lipinski definition) is 3. The molecule has 0 saturated carbocycles. The maximum Gasteiger partial charge on any atom is 0.329 e. The first kappa shape index (κ1) is 25.8. The molecule has 2 aromatic carbocycles. The van der Waals surface area contributed by atoms with Crippen LogP contribution >= 0.6 is 34.8 Å². The highest BCUT2D eigenvalue weighted by molar-refractivity contribution is 6.44. The Bertz CT molecular complexity index is 1090. The van der Waals surface area contributed by atoms with Crippen LogP contribution in [-0.2, 0) is 19.1 Å². The van der Waals surface area contributed by atoms with Crippen molar-refractivity contribution in [3.8, 4) is 5.75 Å². The fraction of sp³-hybridized carbons (Fsp3) is 0.273. The lowest BCUT2D eigenvalue weighted by Gasteiger charge is -2.11. The standard InChI is InChI=1S/C22H21Cl3N4O5/c23-14-6-7-18(34-12-19(30)28-17-5-1-4-16(24)20(17)25)13(9-14)10-27-29-22(32)21(31)26-11-15-3-2-8-33-15/h1,4-7,9-10,15H,2-3,8,11-12H2,(H,26,31)(H,28,30)(H,29,32)/b27-10-/t15-/m1/s1. The molecule has 1 aliphatic heterocycles. The lowest BCUT2D eigenvalue weighted by molar-refractivity contribution is -0.139. The summed E-state index contributed by atoms with van der Waals surface area (Å²) >= 11 is 18.0. The van der Waals surface area contributed by atoms with E-state index in [-0.39, 0.29) is 30.0 Å². The van der Waals surface area contributed by atoms with Gasteiger partial charge in [-0.2, -0.15) is 5.10 Å². The fourth-order valence-electron chi connectivity index (χ4n) is 2.98. The highest BCUT2D eigenvalue weighted by Crippen LogP contribution is 2.29. The van der Waals surface area contributed by atoms with Crippen molar-refractivity contribution in [1.29, 1.82) is 0 Å². The summed E-state index contributed by atoms with van der Waals surface area (Å²) in [6.07, 6.45) is 2.93. The third-order valence-corrected chi connectivity index (χ3v) is 5.70. The van der Waals surface area contributed by atoms with Crippen molar-refractivity contribution < 1.29 is 23.9 Å². The van der Waals surface area contributed by atoms with E-state index < -0.39 is 17.7 Å². The van der Waals surface area contributed by atoms with Crippen LogP contribution in [0.1, 0.15) is 18.4 Å². The van der Waals surface area contributed by atoms with E-state index in [0.29, 0.717) is 27.9 Å².